The molecule has 2 aliphatic rings. The number of hydrogen-bond donors (Lipinski definition) is 3. The van der Waals surface area contributed by atoms with E-state index in [-0.39, 0.29) is 28.8 Å². The van der Waals surface area contributed by atoms with Crippen LogP contribution in [0.2, 0.25) is 0 Å². The van der Waals surface area contributed by atoms with E-state index in [9.17, 15) is 19.5 Å². The zero-order valence-electron chi connectivity index (χ0n) is 18.2. The van der Waals surface area contributed by atoms with Crippen LogP contribution in [0.4, 0.5) is 5.13 Å². The Balaban J connectivity index is 1.37. The second-order valence-corrected chi connectivity index (χ2v) is 9.56. The van der Waals surface area contributed by atoms with Gasteiger partial charge in [0.15, 0.2) is 10.8 Å². The van der Waals surface area contributed by atoms with Crippen LogP contribution in [0.3, 0.4) is 0 Å². The third-order valence-electron chi connectivity index (χ3n) is 5.49. The second kappa shape index (κ2) is 8.99. The SMILES string of the molecule is CO/N=C(\C(=O)N[C@@H]1C(=O)N2C(C(=O)O)=C(Cn3nc[n+]4ccccc34)CS[C@@H]12)c1csc(N)n1. The molecule has 0 radical (unpaired) electrons. The third-order valence-corrected chi connectivity index (χ3v) is 7.50. The largest absolute Gasteiger partial charge is 0.477 e. The molecule has 5 rings (SSSR count). The summed E-state index contributed by atoms with van der Waals surface area (Å²) in [7, 11) is 1.28. The quantitative estimate of drug-likeness (QED) is 0.162. The van der Waals surface area contributed by atoms with E-state index in [1.54, 1.807) is 16.4 Å². The molecule has 3 aromatic rings. The van der Waals surface area contributed by atoms with Crippen molar-refractivity contribution in [1.82, 2.24) is 25.0 Å². The smallest absolute Gasteiger partial charge is 0.352 e. The molecule has 0 spiro atoms. The van der Waals surface area contributed by atoms with Crippen molar-refractivity contribution in [3.8, 4) is 0 Å². The van der Waals surface area contributed by atoms with Gasteiger partial charge < -0.3 is 21.0 Å². The van der Waals surface area contributed by atoms with E-state index in [1.165, 1.54) is 23.8 Å². The van der Waals surface area contributed by atoms with Gasteiger partial charge >= 0.3 is 5.97 Å². The van der Waals surface area contributed by atoms with Crippen LogP contribution >= 0.6 is 23.1 Å². The molecule has 2 atom stereocenters. The number of carbonyl (C=O) groups is 3. The number of nitrogens with one attached hydrogen (secondary N) is 1. The lowest BCUT2D eigenvalue weighted by atomic mass is 10.0. The first-order valence-electron chi connectivity index (χ1n) is 10.2. The number of thiazole rings is 1. The van der Waals surface area contributed by atoms with Crippen molar-refractivity contribution in [2.45, 2.75) is 18.0 Å². The molecule has 13 nitrogen and oxygen atoms in total. The normalized spacial score (nSPS) is 20.0. The van der Waals surface area contributed by atoms with Gasteiger partial charge in [0.05, 0.1) is 6.20 Å². The molecule has 5 heterocycles. The lowest BCUT2D eigenvalue weighted by Gasteiger charge is -2.49. The zero-order chi connectivity index (χ0) is 24.7. The van der Waals surface area contributed by atoms with Crippen LogP contribution in [0, 0.1) is 0 Å². The summed E-state index contributed by atoms with van der Waals surface area (Å²) in [5.41, 5.74) is 6.96. The number of amides is 2. The van der Waals surface area contributed by atoms with Crippen molar-refractivity contribution < 1.29 is 28.7 Å². The van der Waals surface area contributed by atoms with Crippen molar-refractivity contribution in [3.63, 3.8) is 0 Å². The average molecular weight is 516 g/mol. The fraction of sp³-hybridized carbons (Fsp3) is 0.250. The Bertz CT molecular complexity index is 1410. The summed E-state index contributed by atoms with van der Waals surface area (Å²) >= 11 is 2.49. The molecule has 1 saturated heterocycles. The number of carbonyl (C=O) groups excluding carboxylic acids is 2. The highest BCUT2D eigenvalue weighted by molar-refractivity contribution is 8.00. The monoisotopic (exact) mass is 515 g/mol. The van der Waals surface area contributed by atoms with Crippen LogP contribution in [0.1, 0.15) is 5.69 Å². The minimum atomic E-state index is -1.22. The number of nitrogens with zero attached hydrogens (tertiary/aromatic N) is 6. The zero-order valence-corrected chi connectivity index (χ0v) is 19.8. The number of fused-ring (bicyclic) bond motifs is 2. The molecular weight excluding hydrogens is 496 g/mol. The van der Waals surface area contributed by atoms with E-state index in [0.717, 1.165) is 17.0 Å². The topological polar surface area (TPSA) is 169 Å². The molecule has 180 valence electrons. The lowest BCUT2D eigenvalue weighted by Crippen LogP contribution is -2.71. The average Bonchev–Trinajstić information content (AvgIpc) is 3.46. The number of carboxylic acid groups (broad SMARTS) is 1. The number of carboxylic acids is 1. The Morgan fingerprint density at radius 1 is 1.43 bits per heavy atom. The molecule has 0 bridgehead atoms. The summed E-state index contributed by atoms with van der Waals surface area (Å²) in [6.45, 7) is 0.207. The van der Waals surface area contributed by atoms with Crippen molar-refractivity contribution >= 4 is 57.4 Å². The van der Waals surface area contributed by atoms with Crippen LogP contribution < -0.4 is 15.5 Å². The maximum atomic E-state index is 13.0. The number of aromatic nitrogens is 4. The predicted molar refractivity (Wildman–Crippen MR) is 125 cm³/mol. The number of hydrogen-bond acceptors (Lipinski definition) is 10. The maximum absolute atomic E-state index is 13.0. The molecule has 15 heteroatoms. The summed E-state index contributed by atoms with van der Waals surface area (Å²) in [6.07, 6.45) is 3.47. The molecule has 2 aliphatic heterocycles. The van der Waals surface area contributed by atoms with Gasteiger partial charge in [-0.25, -0.2) is 14.2 Å². The predicted octanol–water partition coefficient (Wildman–Crippen LogP) is -0.550. The molecule has 35 heavy (non-hydrogen) atoms. The van der Waals surface area contributed by atoms with E-state index < -0.39 is 29.2 Å². The van der Waals surface area contributed by atoms with Crippen LogP contribution in [0.15, 0.2) is 52.5 Å². The highest BCUT2D eigenvalue weighted by Crippen LogP contribution is 2.40. The summed E-state index contributed by atoms with van der Waals surface area (Å²) in [5.74, 6) is -2.07. The number of pyridine rings is 1. The fourth-order valence-electron chi connectivity index (χ4n) is 3.95. The molecule has 0 aromatic carbocycles. The van der Waals surface area contributed by atoms with Gasteiger partial charge in [-0.1, -0.05) is 11.2 Å². The number of thioether (sulfide) groups is 1. The van der Waals surface area contributed by atoms with Crippen molar-refractivity contribution in [2.75, 3.05) is 18.6 Å². The highest BCUT2D eigenvalue weighted by Gasteiger charge is 2.54. The Labute approximate surface area is 205 Å². The molecule has 0 unspecified atom stereocenters. The van der Waals surface area contributed by atoms with Crippen LogP contribution in [-0.2, 0) is 25.8 Å². The van der Waals surface area contributed by atoms with Gasteiger partial charge in [-0.3, -0.25) is 14.5 Å². The van der Waals surface area contributed by atoms with Gasteiger partial charge in [0.1, 0.15) is 36.5 Å². The van der Waals surface area contributed by atoms with E-state index in [2.05, 4.69) is 20.6 Å². The van der Waals surface area contributed by atoms with Crippen molar-refractivity contribution in [2.24, 2.45) is 5.16 Å². The minimum Gasteiger partial charge on any atom is -0.477 e. The van der Waals surface area contributed by atoms with Crippen LogP contribution in [0.25, 0.3) is 5.65 Å². The Morgan fingerprint density at radius 2 is 2.26 bits per heavy atom. The van der Waals surface area contributed by atoms with Gasteiger partial charge in [0.25, 0.3) is 23.8 Å². The lowest BCUT2D eigenvalue weighted by molar-refractivity contribution is -0.512. The third kappa shape index (κ3) is 3.97. The summed E-state index contributed by atoms with van der Waals surface area (Å²) in [6, 6.07) is 4.66. The molecule has 2 amide bonds. The molecule has 3 aromatic heterocycles. The van der Waals surface area contributed by atoms with Crippen LogP contribution in [-0.4, -0.2) is 72.5 Å². The fourth-order valence-corrected chi connectivity index (χ4v) is 5.83. The Kier molecular flexibility index (Phi) is 5.86. The number of nitrogen functional groups attached to an aromatic ring is 1. The maximum Gasteiger partial charge on any atom is 0.352 e. The van der Waals surface area contributed by atoms with Crippen LogP contribution in [0.5, 0.6) is 0 Å². The summed E-state index contributed by atoms with van der Waals surface area (Å²) in [5, 5.41) is 21.8. The highest BCUT2D eigenvalue weighted by atomic mass is 32.2. The standard InChI is InChI=1S/C20H18N8O5S2/c1-33-25-13(11-8-35-20(21)23-11)16(29)24-14-17(30)28-15(19(31)32)10(7-34-18(14)28)6-27-12-4-2-3-5-26(12)9-22-27/h2-5,8-9,14,18H,6-7H2,1H3,(H3-,21,23,24,29,31,32)/p+1/b25-13-/t14-,18+/m1/s1. The first-order valence-corrected chi connectivity index (χ1v) is 12.2. The van der Waals surface area contributed by atoms with E-state index in [0.29, 0.717) is 11.3 Å². The number of anilines is 1. The first kappa shape index (κ1) is 22.8. The van der Waals surface area contributed by atoms with Gasteiger partial charge in [0.2, 0.25) is 0 Å². The van der Waals surface area contributed by atoms with Gasteiger partial charge in [-0.05, 0) is 6.07 Å². The molecule has 0 saturated carbocycles. The number of aliphatic carboxylic acids is 1. The molecular formula is C20H19N8O5S2+. The van der Waals surface area contributed by atoms with E-state index in [4.69, 9.17) is 10.6 Å². The summed E-state index contributed by atoms with van der Waals surface area (Å²) in [4.78, 5) is 48.0. The van der Waals surface area contributed by atoms with E-state index >= 15 is 0 Å². The summed E-state index contributed by atoms with van der Waals surface area (Å²) < 4.78 is 3.49. The van der Waals surface area contributed by atoms with Gasteiger partial charge in [0, 0.05) is 27.9 Å². The van der Waals surface area contributed by atoms with Gasteiger partial charge in [-0.2, -0.15) is 0 Å². The number of nitrogens with two attached hydrogens (primary N) is 1. The molecule has 1 fully saturated rings. The number of oxime groups is 1. The van der Waals surface area contributed by atoms with E-state index in [1.807, 2.05) is 28.8 Å². The number of β-lactam (4-membered cyclic amide) rings is 1. The number of rotatable bonds is 7. The minimum absolute atomic E-state index is 0.0908. The second-order valence-electron chi connectivity index (χ2n) is 7.57. The van der Waals surface area contributed by atoms with Gasteiger partial charge in [-0.15, -0.1) is 27.8 Å². The Hall–Kier alpha value is -3.98. The first-order chi connectivity index (χ1) is 16.9. The Morgan fingerprint density at radius 3 is 2.97 bits per heavy atom. The molecule has 0 aliphatic carbocycles. The van der Waals surface area contributed by atoms with Crippen molar-refractivity contribution in [3.05, 3.63) is 53.1 Å². The molecule has 4 N–H and O–H groups in total. The van der Waals surface area contributed by atoms with Crippen molar-refractivity contribution in [1.29, 1.82) is 0 Å².